The highest BCUT2D eigenvalue weighted by molar-refractivity contribution is 6.04. The predicted molar refractivity (Wildman–Crippen MR) is 103 cm³/mol. The number of urea groups is 1. The monoisotopic (exact) mass is 404 g/mol. The lowest BCUT2D eigenvalue weighted by Crippen LogP contribution is -2.36. The standard InChI is InChI=1S/C19H24N4O6/c1-12(29-16(24)7-6-15-18(26)22-19(27)21-15)17(25)20-13-2-4-14(5-3-13)23-8-10-28-11-9-23/h2-5,12,15H,6-11H2,1H3,(H,20,25)(H2,21,22,26,27)/t12-,15-/m1/s1. The summed E-state index contributed by atoms with van der Waals surface area (Å²) in [5.74, 6) is -1.55. The summed E-state index contributed by atoms with van der Waals surface area (Å²) < 4.78 is 10.4. The molecule has 2 saturated heterocycles. The number of anilines is 2. The minimum atomic E-state index is -0.992. The number of carbonyl (C=O) groups is 4. The fraction of sp³-hybridized carbons (Fsp3) is 0.474. The molecule has 0 spiro atoms. The molecular weight excluding hydrogens is 380 g/mol. The smallest absolute Gasteiger partial charge is 0.322 e. The van der Waals surface area contributed by atoms with E-state index in [0.29, 0.717) is 18.9 Å². The van der Waals surface area contributed by atoms with Gasteiger partial charge in [0.05, 0.1) is 13.2 Å². The van der Waals surface area contributed by atoms with E-state index < -0.39 is 36.0 Å². The zero-order valence-corrected chi connectivity index (χ0v) is 16.1. The first kappa shape index (κ1) is 20.6. The van der Waals surface area contributed by atoms with Gasteiger partial charge in [0.1, 0.15) is 6.04 Å². The minimum absolute atomic E-state index is 0.0930. The van der Waals surface area contributed by atoms with E-state index in [1.807, 2.05) is 12.1 Å². The summed E-state index contributed by atoms with van der Waals surface area (Å²) >= 11 is 0. The fourth-order valence-corrected chi connectivity index (χ4v) is 3.05. The number of nitrogens with one attached hydrogen (secondary N) is 3. The zero-order chi connectivity index (χ0) is 20.8. The molecular formula is C19H24N4O6. The highest BCUT2D eigenvalue weighted by atomic mass is 16.5. The zero-order valence-electron chi connectivity index (χ0n) is 16.1. The lowest BCUT2D eigenvalue weighted by Gasteiger charge is -2.28. The first-order valence-electron chi connectivity index (χ1n) is 9.47. The number of imide groups is 1. The van der Waals surface area contributed by atoms with Crippen molar-refractivity contribution in [3.05, 3.63) is 24.3 Å². The van der Waals surface area contributed by atoms with Gasteiger partial charge in [-0.15, -0.1) is 0 Å². The molecule has 2 aliphatic heterocycles. The van der Waals surface area contributed by atoms with E-state index in [0.717, 1.165) is 18.8 Å². The maximum Gasteiger partial charge on any atom is 0.322 e. The SMILES string of the molecule is C[C@@H](OC(=O)CC[C@H]1NC(=O)NC1=O)C(=O)Nc1ccc(N2CCOCC2)cc1. The Morgan fingerprint density at radius 1 is 1.24 bits per heavy atom. The Labute approximate surface area is 167 Å². The summed E-state index contributed by atoms with van der Waals surface area (Å²) in [6, 6.07) is 6.07. The number of carbonyl (C=O) groups excluding carboxylic acids is 4. The second kappa shape index (κ2) is 9.37. The number of rotatable bonds is 7. The molecule has 0 bridgehead atoms. The molecule has 3 N–H and O–H groups in total. The van der Waals surface area contributed by atoms with E-state index in [-0.39, 0.29) is 12.8 Å². The molecule has 0 aliphatic carbocycles. The van der Waals surface area contributed by atoms with Crippen LogP contribution in [0, 0.1) is 0 Å². The molecule has 156 valence electrons. The Balaban J connectivity index is 1.43. The summed E-state index contributed by atoms with van der Waals surface area (Å²) in [5, 5.41) is 7.19. The van der Waals surface area contributed by atoms with E-state index >= 15 is 0 Å². The van der Waals surface area contributed by atoms with Crippen molar-refractivity contribution in [1.29, 1.82) is 0 Å². The third kappa shape index (κ3) is 5.67. The molecule has 10 nitrogen and oxygen atoms in total. The summed E-state index contributed by atoms with van der Waals surface area (Å²) in [6.07, 6.45) is -0.980. The van der Waals surface area contributed by atoms with Gasteiger partial charge in [0.2, 0.25) is 0 Å². The van der Waals surface area contributed by atoms with Gasteiger partial charge in [0.25, 0.3) is 11.8 Å². The van der Waals surface area contributed by atoms with Gasteiger partial charge in [0.15, 0.2) is 6.10 Å². The van der Waals surface area contributed by atoms with Gasteiger partial charge < -0.3 is 25.0 Å². The molecule has 29 heavy (non-hydrogen) atoms. The number of hydrogen-bond donors (Lipinski definition) is 3. The maximum absolute atomic E-state index is 12.3. The molecule has 0 radical (unpaired) electrons. The van der Waals surface area contributed by atoms with E-state index in [9.17, 15) is 19.2 Å². The summed E-state index contributed by atoms with van der Waals surface area (Å²) in [7, 11) is 0. The molecule has 0 aromatic heterocycles. The van der Waals surface area contributed by atoms with Crippen molar-refractivity contribution in [2.45, 2.75) is 31.9 Å². The molecule has 0 unspecified atom stereocenters. The average molecular weight is 404 g/mol. The predicted octanol–water partition coefficient (Wildman–Crippen LogP) is 0.382. The Kier molecular flexibility index (Phi) is 6.65. The molecule has 2 atom stereocenters. The average Bonchev–Trinajstić information content (AvgIpc) is 3.04. The number of morpholine rings is 1. The number of hydrogen-bond acceptors (Lipinski definition) is 7. The summed E-state index contributed by atoms with van der Waals surface area (Å²) in [4.78, 5) is 48.8. The Morgan fingerprint density at radius 2 is 1.93 bits per heavy atom. The van der Waals surface area contributed by atoms with Crippen molar-refractivity contribution >= 4 is 35.2 Å². The van der Waals surface area contributed by atoms with Crippen molar-refractivity contribution in [3.8, 4) is 0 Å². The molecule has 2 fully saturated rings. The maximum atomic E-state index is 12.3. The quantitative estimate of drug-likeness (QED) is 0.443. The third-order valence-electron chi connectivity index (χ3n) is 4.68. The van der Waals surface area contributed by atoms with Crippen LogP contribution in [-0.4, -0.2) is 62.3 Å². The van der Waals surface area contributed by atoms with Crippen molar-refractivity contribution < 1.29 is 28.7 Å². The second-order valence-corrected chi connectivity index (χ2v) is 6.82. The van der Waals surface area contributed by atoms with Crippen LogP contribution >= 0.6 is 0 Å². The third-order valence-corrected chi connectivity index (χ3v) is 4.68. The summed E-state index contributed by atoms with van der Waals surface area (Å²) in [5.41, 5.74) is 1.65. The number of ether oxygens (including phenoxy) is 2. The topological polar surface area (TPSA) is 126 Å². The van der Waals surface area contributed by atoms with Crippen LogP contribution < -0.4 is 20.9 Å². The van der Waals surface area contributed by atoms with Gasteiger partial charge in [0, 0.05) is 30.9 Å². The normalized spacial score (nSPS) is 19.9. The minimum Gasteiger partial charge on any atom is -0.453 e. The van der Waals surface area contributed by atoms with Crippen LogP contribution in [-0.2, 0) is 23.9 Å². The highest BCUT2D eigenvalue weighted by Gasteiger charge is 2.30. The summed E-state index contributed by atoms with van der Waals surface area (Å²) in [6.45, 7) is 4.51. The van der Waals surface area contributed by atoms with Crippen LogP contribution in [0.5, 0.6) is 0 Å². The Morgan fingerprint density at radius 3 is 2.55 bits per heavy atom. The first-order chi connectivity index (χ1) is 13.9. The van der Waals surface area contributed by atoms with E-state index in [1.54, 1.807) is 12.1 Å². The molecule has 4 amide bonds. The highest BCUT2D eigenvalue weighted by Crippen LogP contribution is 2.19. The first-order valence-corrected chi connectivity index (χ1v) is 9.47. The van der Waals surface area contributed by atoms with Crippen molar-refractivity contribution in [2.24, 2.45) is 0 Å². The number of esters is 1. The van der Waals surface area contributed by atoms with Crippen molar-refractivity contribution in [3.63, 3.8) is 0 Å². The van der Waals surface area contributed by atoms with Gasteiger partial charge in [-0.05, 0) is 37.6 Å². The lowest BCUT2D eigenvalue weighted by atomic mass is 10.1. The fourth-order valence-electron chi connectivity index (χ4n) is 3.05. The molecule has 1 aromatic rings. The van der Waals surface area contributed by atoms with E-state index in [4.69, 9.17) is 9.47 Å². The van der Waals surface area contributed by atoms with Crippen molar-refractivity contribution in [1.82, 2.24) is 10.6 Å². The molecule has 0 saturated carbocycles. The van der Waals surface area contributed by atoms with Gasteiger partial charge in [-0.2, -0.15) is 0 Å². The van der Waals surface area contributed by atoms with Crippen LogP contribution in [0.2, 0.25) is 0 Å². The van der Waals surface area contributed by atoms with Gasteiger partial charge in [-0.1, -0.05) is 0 Å². The molecule has 1 aromatic carbocycles. The van der Waals surface area contributed by atoms with E-state index in [2.05, 4.69) is 20.9 Å². The number of benzene rings is 1. The number of nitrogens with zero attached hydrogens (tertiary/aromatic N) is 1. The van der Waals surface area contributed by atoms with Crippen LogP contribution in [0.15, 0.2) is 24.3 Å². The molecule has 3 rings (SSSR count). The largest absolute Gasteiger partial charge is 0.453 e. The number of amides is 4. The molecule has 2 aliphatic rings. The van der Waals surface area contributed by atoms with Gasteiger partial charge in [-0.25, -0.2) is 4.79 Å². The Hall–Kier alpha value is -3.14. The van der Waals surface area contributed by atoms with Crippen LogP contribution in [0.1, 0.15) is 19.8 Å². The van der Waals surface area contributed by atoms with Gasteiger partial charge >= 0.3 is 12.0 Å². The lowest BCUT2D eigenvalue weighted by molar-refractivity contribution is -0.153. The van der Waals surface area contributed by atoms with Crippen LogP contribution in [0.3, 0.4) is 0 Å². The van der Waals surface area contributed by atoms with Gasteiger partial charge in [-0.3, -0.25) is 19.7 Å². The van der Waals surface area contributed by atoms with Crippen molar-refractivity contribution in [2.75, 3.05) is 36.5 Å². The van der Waals surface area contributed by atoms with E-state index in [1.165, 1.54) is 6.92 Å². The Bertz CT molecular complexity index is 775. The molecule has 10 heteroatoms. The van der Waals surface area contributed by atoms with Crippen LogP contribution in [0.4, 0.5) is 16.2 Å². The molecule has 2 heterocycles. The second-order valence-electron chi connectivity index (χ2n) is 6.82. The van der Waals surface area contributed by atoms with Crippen LogP contribution in [0.25, 0.3) is 0 Å².